The van der Waals surface area contributed by atoms with Crippen LogP contribution in [-0.2, 0) is 4.79 Å². The quantitative estimate of drug-likeness (QED) is 0.574. The summed E-state index contributed by atoms with van der Waals surface area (Å²) >= 11 is 3.49. The zero-order valence-electron chi connectivity index (χ0n) is 14.4. The summed E-state index contributed by atoms with van der Waals surface area (Å²) in [6.07, 6.45) is 3.46. The van der Waals surface area contributed by atoms with Crippen molar-refractivity contribution in [3.63, 3.8) is 0 Å². The highest BCUT2D eigenvalue weighted by atomic mass is 32.2. The van der Waals surface area contributed by atoms with Crippen molar-refractivity contribution in [2.24, 2.45) is 0 Å². The number of rotatable bonds is 6. The third-order valence-electron chi connectivity index (χ3n) is 4.14. The molecule has 2 aromatic rings. The number of carbonyl (C=O) groups excluding carboxylic acids is 1. The number of hydrogen-bond donors (Lipinski definition) is 0. The van der Waals surface area contributed by atoms with Crippen LogP contribution in [0.2, 0.25) is 0 Å². The van der Waals surface area contributed by atoms with Gasteiger partial charge in [0.1, 0.15) is 0 Å². The maximum Gasteiger partial charge on any atom is 0.246 e. The van der Waals surface area contributed by atoms with E-state index in [1.807, 2.05) is 41.1 Å². The molecule has 2 heterocycles. The molecule has 6 heteroatoms. The van der Waals surface area contributed by atoms with Crippen LogP contribution < -0.4 is 0 Å². The number of nitrogens with zero attached hydrogens (tertiary/aromatic N) is 3. The van der Waals surface area contributed by atoms with E-state index < -0.39 is 0 Å². The molecule has 0 aliphatic carbocycles. The number of benzene rings is 1. The number of thiazole rings is 1. The lowest BCUT2D eigenvalue weighted by molar-refractivity contribution is -0.127. The second kappa shape index (κ2) is 9.17. The summed E-state index contributed by atoms with van der Waals surface area (Å²) in [6.45, 7) is 6.54. The van der Waals surface area contributed by atoms with Gasteiger partial charge in [-0.2, -0.15) is 0 Å². The van der Waals surface area contributed by atoms with Gasteiger partial charge in [0, 0.05) is 54.8 Å². The van der Waals surface area contributed by atoms with Crippen molar-refractivity contribution in [2.75, 3.05) is 38.5 Å². The minimum atomic E-state index is 0.0870. The van der Waals surface area contributed by atoms with E-state index in [9.17, 15) is 4.79 Å². The van der Waals surface area contributed by atoms with Crippen LogP contribution in [0.25, 0.3) is 6.08 Å². The van der Waals surface area contributed by atoms with Crippen LogP contribution in [0, 0.1) is 6.92 Å². The van der Waals surface area contributed by atoms with Gasteiger partial charge in [-0.1, -0.05) is 18.2 Å². The van der Waals surface area contributed by atoms with Gasteiger partial charge in [0.25, 0.3) is 0 Å². The van der Waals surface area contributed by atoms with Crippen molar-refractivity contribution in [2.45, 2.75) is 11.8 Å². The van der Waals surface area contributed by atoms with Gasteiger partial charge in [-0.25, -0.2) is 4.98 Å². The molecule has 0 N–H and O–H groups in total. The van der Waals surface area contributed by atoms with E-state index in [1.54, 1.807) is 17.4 Å². The molecule has 1 fully saturated rings. The number of thioether (sulfide) groups is 1. The summed E-state index contributed by atoms with van der Waals surface area (Å²) in [5.41, 5.74) is 0.868. The number of aryl methyl sites for hydroxylation is 1. The molecular weight excluding hydrogens is 350 g/mol. The van der Waals surface area contributed by atoms with Crippen LogP contribution in [0.5, 0.6) is 0 Å². The largest absolute Gasteiger partial charge is 0.337 e. The highest BCUT2D eigenvalue weighted by molar-refractivity contribution is 7.99. The van der Waals surface area contributed by atoms with Gasteiger partial charge in [0.2, 0.25) is 5.91 Å². The molecule has 25 heavy (non-hydrogen) atoms. The van der Waals surface area contributed by atoms with Gasteiger partial charge in [-0.3, -0.25) is 9.69 Å². The summed E-state index contributed by atoms with van der Waals surface area (Å²) in [6, 6.07) is 10.5. The molecule has 1 aromatic heterocycles. The van der Waals surface area contributed by atoms with E-state index in [-0.39, 0.29) is 5.91 Å². The second-order valence-corrected chi connectivity index (χ2v) is 8.18. The summed E-state index contributed by atoms with van der Waals surface area (Å²) in [5, 5.41) is 3.00. The zero-order valence-corrected chi connectivity index (χ0v) is 16.1. The minimum absolute atomic E-state index is 0.0870. The van der Waals surface area contributed by atoms with Crippen molar-refractivity contribution in [3.05, 3.63) is 52.5 Å². The molecule has 1 aliphatic rings. The lowest BCUT2D eigenvalue weighted by Gasteiger charge is -2.34. The normalized spacial score (nSPS) is 15.8. The van der Waals surface area contributed by atoms with Crippen molar-refractivity contribution in [3.8, 4) is 0 Å². The molecule has 1 saturated heterocycles. The number of piperazine rings is 1. The molecule has 1 aromatic carbocycles. The standard InChI is InChI=1S/C19H23N3OS2/c1-16-20-17(15-25-16)7-8-19(23)22-11-9-21(10-12-22)13-14-24-18-5-3-2-4-6-18/h2-8,15H,9-14H2,1H3. The fourth-order valence-corrected chi connectivity index (χ4v) is 4.24. The molecule has 0 saturated carbocycles. The summed E-state index contributed by atoms with van der Waals surface area (Å²) in [4.78, 5) is 22.3. The van der Waals surface area contributed by atoms with Gasteiger partial charge in [0.15, 0.2) is 0 Å². The minimum Gasteiger partial charge on any atom is -0.337 e. The van der Waals surface area contributed by atoms with Crippen molar-refractivity contribution in [1.29, 1.82) is 0 Å². The first-order valence-corrected chi connectivity index (χ1v) is 10.4. The molecule has 1 amide bonds. The Morgan fingerprint density at radius 3 is 2.68 bits per heavy atom. The number of aromatic nitrogens is 1. The van der Waals surface area contributed by atoms with Gasteiger partial charge in [-0.15, -0.1) is 23.1 Å². The predicted molar refractivity (Wildman–Crippen MR) is 106 cm³/mol. The smallest absolute Gasteiger partial charge is 0.246 e. The molecule has 0 bridgehead atoms. The van der Waals surface area contributed by atoms with E-state index in [4.69, 9.17) is 0 Å². The van der Waals surface area contributed by atoms with E-state index in [2.05, 4.69) is 34.1 Å². The molecule has 0 atom stereocenters. The van der Waals surface area contributed by atoms with E-state index in [0.29, 0.717) is 0 Å². The first-order valence-electron chi connectivity index (χ1n) is 8.50. The molecule has 1 aliphatic heterocycles. The topological polar surface area (TPSA) is 36.4 Å². The van der Waals surface area contributed by atoms with Gasteiger partial charge < -0.3 is 4.90 Å². The van der Waals surface area contributed by atoms with Gasteiger partial charge >= 0.3 is 0 Å². The first-order chi connectivity index (χ1) is 12.2. The summed E-state index contributed by atoms with van der Waals surface area (Å²) < 4.78 is 0. The third kappa shape index (κ3) is 5.70. The van der Waals surface area contributed by atoms with Crippen molar-refractivity contribution < 1.29 is 4.79 Å². The molecular formula is C19H23N3OS2. The van der Waals surface area contributed by atoms with Crippen LogP contribution in [0.1, 0.15) is 10.7 Å². The van der Waals surface area contributed by atoms with Gasteiger partial charge in [0.05, 0.1) is 10.7 Å². The average molecular weight is 374 g/mol. The number of carbonyl (C=O) groups is 1. The SMILES string of the molecule is Cc1nc(C=CC(=O)N2CCN(CCSc3ccccc3)CC2)cs1. The Balaban J connectivity index is 1.38. The number of amides is 1. The summed E-state index contributed by atoms with van der Waals surface area (Å²) in [5.74, 6) is 1.17. The van der Waals surface area contributed by atoms with E-state index in [1.165, 1.54) is 4.90 Å². The molecule has 0 radical (unpaired) electrons. The van der Waals surface area contributed by atoms with Gasteiger partial charge in [-0.05, 0) is 25.1 Å². The molecule has 0 spiro atoms. The van der Waals surface area contributed by atoms with Crippen LogP contribution in [-0.4, -0.2) is 59.2 Å². The highest BCUT2D eigenvalue weighted by Crippen LogP contribution is 2.17. The Morgan fingerprint density at radius 2 is 2.00 bits per heavy atom. The number of hydrogen-bond acceptors (Lipinski definition) is 5. The van der Waals surface area contributed by atoms with E-state index in [0.717, 1.165) is 49.2 Å². The Labute approximate surface area is 157 Å². The fourth-order valence-electron chi connectivity index (χ4n) is 2.72. The Kier molecular flexibility index (Phi) is 6.67. The Hall–Kier alpha value is -1.63. The first kappa shape index (κ1) is 18.2. The molecule has 4 nitrogen and oxygen atoms in total. The second-order valence-electron chi connectivity index (χ2n) is 5.95. The van der Waals surface area contributed by atoms with Crippen LogP contribution in [0.15, 0.2) is 46.7 Å². The Bertz CT molecular complexity index is 706. The fraction of sp³-hybridized carbons (Fsp3) is 0.368. The van der Waals surface area contributed by atoms with Crippen LogP contribution >= 0.6 is 23.1 Å². The molecule has 132 valence electrons. The maximum atomic E-state index is 12.3. The molecule has 0 unspecified atom stereocenters. The average Bonchev–Trinajstić information content (AvgIpc) is 3.06. The zero-order chi connectivity index (χ0) is 17.5. The summed E-state index contributed by atoms with van der Waals surface area (Å²) in [7, 11) is 0. The van der Waals surface area contributed by atoms with Crippen molar-refractivity contribution in [1.82, 2.24) is 14.8 Å². The monoisotopic (exact) mass is 373 g/mol. The predicted octanol–water partition coefficient (Wildman–Crippen LogP) is 3.40. The van der Waals surface area contributed by atoms with Crippen LogP contribution in [0.4, 0.5) is 0 Å². The third-order valence-corrected chi connectivity index (χ3v) is 5.92. The lowest BCUT2D eigenvalue weighted by Crippen LogP contribution is -2.48. The van der Waals surface area contributed by atoms with E-state index >= 15 is 0 Å². The molecule has 3 rings (SSSR count). The highest BCUT2D eigenvalue weighted by Gasteiger charge is 2.19. The Morgan fingerprint density at radius 1 is 1.24 bits per heavy atom. The van der Waals surface area contributed by atoms with Crippen molar-refractivity contribution >= 4 is 35.1 Å². The lowest BCUT2D eigenvalue weighted by atomic mass is 10.3. The van der Waals surface area contributed by atoms with Crippen LogP contribution in [0.3, 0.4) is 0 Å². The maximum absolute atomic E-state index is 12.3.